The second-order valence-corrected chi connectivity index (χ2v) is 13.6. The fourth-order valence-corrected chi connectivity index (χ4v) is 6.32. The monoisotopic (exact) mass is 743 g/mol. The third-order valence-corrected chi connectivity index (χ3v) is 9.02. The molecule has 17 heteroatoms. The third kappa shape index (κ3) is 8.24. The summed E-state index contributed by atoms with van der Waals surface area (Å²) < 4.78 is 83.0. The van der Waals surface area contributed by atoms with E-state index in [4.69, 9.17) is 9.47 Å². The van der Waals surface area contributed by atoms with Gasteiger partial charge in [-0.05, 0) is 36.6 Å². The van der Waals surface area contributed by atoms with Gasteiger partial charge in [0.05, 0.1) is 42.7 Å². The second kappa shape index (κ2) is 15.4. The van der Waals surface area contributed by atoms with Crippen LogP contribution in [-0.4, -0.2) is 94.4 Å². The van der Waals surface area contributed by atoms with Crippen molar-refractivity contribution in [3.63, 3.8) is 0 Å². The van der Waals surface area contributed by atoms with Crippen LogP contribution in [0, 0.1) is 35.3 Å². The predicted octanol–water partition coefficient (Wildman–Crippen LogP) is 5.39. The Morgan fingerprint density at radius 3 is 2.45 bits per heavy atom. The van der Waals surface area contributed by atoms with Crippen LogP contribution in [0.1, 0.15) is 43.2 Å². The maximum Gasteiger partial charge on any atom is 0.416 e. The SMILES string of the molecule is Cc1c(C#N)ncnc1-c1cc(C(F)(F)F)ccc1NC(=O)C1=C(O)[C@H](C(C)(C)C)N(C)N(Cc2ccc(OCCN3CCOCC3)c(F)c2F)C1=O. The van der Waals surface area contributed by atoms with E-state index in [0.29, 0.717) is 38.9 Å². The van der Waals surface area contributed by atoms with Crippen molar-refractivity contribution in [2.45, 2.75) is 46.5 Å². The van der Waals surface area contributed by atoms with Crippen molar-refractivity contribution < 1.29 is 46.1 Å². The van der Waals surface area contributed by atoms with E-state index in [2.05, 4.69) is 20.2 Å². The van der Waals surface area contributed by atoms with Crippen LogP contribution in [0.2, 0.25) is 0 Å². The quantitative estimate of drug-likeness (QED) is 0.217. The Balaban J connectivity index is 1.47. The number of aromatic nitrogens is 2. The zero-order valence-corrected chi connectivity index (χ0v) is 29.6. The number of morpholine rings is 1. The number of amides is 2. The number of aliphatic hydroxyl groups excluding tert-OH is 1. The molecule has 0 radical (unpaired) electrons. The van der Waals surface area contributed by atoms with Gasteiger partial charge >= 0.3 is 6.18 Å². The van der Waals surface area contributed by atoms with Crippen LogP contribution in [-0.2, 0) is 27.0 Å². The fraction of sp³-hybridized carbons (Fsp3) is 0.417. The third-order valence-electron chi connectivity index (χ3n) is 9.02. The molecule has 5 rings (SSSR count). The lowest BCUT2D eigenvalue weighted by Crippen LogP contribution is -2.59. The largest absolute Gasteiger partial charge is 0.509 e. The molecule has 1 atom stereocenters. The Labute approximate surface area is 302 Å². The lowest BCUT2D eigenvalue weighted by Gasteiger charge is -2.46. The van der Waals surface area contributed by atoms with E-state index in [1.165, 1.54) is 31.1 Å². The first-order valence-corrected chi connectivity index (χ1v) is 16.6. The number of nitriles is 1. The van der Waals surface area contributed by atoms with Gasteiger partial charge in [0.15, 0.2) is 11.6 Å². The molecule has 2 aliphatic rings. The van der Waals surface area contributed by atoms with E-state index >= 15 is 8.78 Å². The molecular weight excluding hydrogens is 705 g/mol. The number of aliphatic hydroxyl groups is 1. The molecule has 0 spiro atoms. The minimum atomic E-state index is -4.79. The Kier molecular flexibility index (Phi) is 11.4. The molecule has 53 heavy (non-hydrogen) atoms. The number of ether oxygens (including phenoxy) is 2. The van der Waals surface area contributed by atoms with Gasteiger partial charge in [-0.1, -0.05) is 26.8 Å². The Morgan fingerprint density at radius 1 is 1.11 bits per heavy atom. The van der Waals surface area contributed by atoms with Crippen molar-refractivity contribution in [1.82, 2.24) is 24.9 Å². The summed E-state index contributed by atoms with van der Waals surface area (Å²) in [6.07, 6.45) is -3.80. The highest BCUT2D eigenvalue weighted by molar-refractivity contribution is 6.24. The Hall–Kier alpha value is -5.18. The normalized spacial score (nSPS) is 17.6. The van der Waals surface area contributed by atoms with Gasteiger partial charge in [0.2, 0.25) is 5.82 Å². The van der Waals surface area contributed by atoms with E-state index < -0.39 is 64.5 Å². The lowest BCUT2D eigenvalue weighted by atomic mass is 9.82. The van der Waals surface area contributed by atoms with Crippen LogP contribution in [0.15, 0.2) is 48.0 Å². The molecule has 1 fully saturated rings. The molecule has 282 valence electrons. The highest BCUT2D eigenvalue weighted by Crippen LogP contribution is 2.39. The van der Waals surface area contributed by atoms with E-state index in [1.807, 2.05) is 6.07 Å². The van der Waals surface area contributed by atoms with Crippen molar-refractivity contribution in [2.75, 3.05) is 51.8 Å². The highest BCUT2D eigenvalue weighted by Gasteiger charge is 2.46. The number of anilines is 1. The summed E-state index contributed by atoms with van der Waals surface area (Å²) in [5, 5.41) is 25.6. The molecule has 3 heterocycles. The average molecular weight is 744 g/mol. The number of halogens is 5. The van der Waals surface area contributed by atoms with E-state index in [-0.39, 0.29) is 46.1 Å². The number of hydrogen-bond donors (Lipinski definition) is 2. The second-order valence-electron chi connectivity index (χ2n) is 13.6. The summed E-state index contributed by atoms with van der Waals surface area (Å²) in [6, 6.07) is 5.68. The zero-order chi connectivity index (χ0) is 38.8. The summed E-state index contributed by atoms with van der Waals surface area (Å²) in [6.45, 7) is 9.09. The van der Waals surface area contributed by atoms with Gasteiger partial charge in [-0.15, -0.1) is 0 Å². The number of carbonyl (C=O) groups excluding carboxylic acids is 2. The molecule has 2 N–H and O–H groups in total. The van der Waals surface area contributed by atoms with Crippen molar-refractivity contribution >= 4 is 17.5 Å². The van der Waals surface area contributed by atoms with Gasteiger partial charge < -0.3 is 19.9 Å². The molecule has 1 aromatic heterocycles. The first-order valence-electron chi connectivity index (χ1n) is 16.6. The number of hydrogen-bond acceptors (Lipinski definition) is 10. The van der Waals surface area contributed by atoms with Gasteiger partial charge in [-0.25, -0.2) is 19.4 Å². The molecule has 3 aromatic rings. The molecule has 1 saturated heterocycles. The first-order chi connectivity index (χ1) is 24.9. The molecule has 2 aromatic carbocycles. The molecule has 0 saturated carbocycles. The minimum absolute atomic E-state index is 0.0916. The van der Waals surface area contributed by atoms with Crippen molar-refractivity contribution in [3.8, 4) is 23.1 Å². The van der Waals surface area contributed by atoms with Crippen molar-refractivity contribution in [1.29, 1.82) is 5.26 Å². The lowest BCUT2D eigenvalue weighted by molar-refractivity contribution is -0.158. The van der Waals surface area contributed by atoms with Crippen molar-refractivity contribution in [2.24, 2.45) is 5.41 Å². The van der Waals surface area contributed by atoms with Crippen LogP contribution in [0.4, 0.5) is 27.6 Å². The molecule has 0 bridgehead atoms. The standard InChI is InChI=1S/C36H38F5N7O5/c1-20-25(17-42)43-19-44-30(20)23-16-22(36(39,40)41)7-8-24(23)45-33(50)27-31(49)32(35(2,3)4)46(5)48(34(27)51)18-21-6-9-26(29(38)28(21)37)53-15-12-47-10-13-52-14-11-47/h6-9,16,19,32,49H,10-15,18H2,1-5H3,(H,45,50)/t32-/m1/s1. The van der Waals surface area contributed by atoms with E-state index in [1.54, 1.807) is 20.8 Å². The number of rotatable bonds is 9. The summed E-state index contributed by atoms with van der Waals surface area (Å²) >= 11 is 0. The smallest absolute Gasteiger partial charge is 0.416 e. The summed E-state index contributed by atoms with van der Waals surface area (Å²) in [7, 11) is 1.44. The number of hydrazine groups is 1. The number of nitrogens with zero attached hydrogens (tertiary/aromatic N) is 6. The molecular formula is C36H38F5N7O5. The molecule has 2 amide bonds. The summed E-state index contributed by atoms with van der Waals surface area (Å²) in [4.78, 5) is 37.9. The highest BCUT2D eigenvalue weighted by atomic mass is 19.4. The number of alkyl halides is 3. The fourth-order valence-electron chi connectivity index (χ4n) is 6.32. The maximum absolute atomic E-state index is 15.5. The number of carbonyl (C=O) groups is 2. The van der Waals surface area contributed by atoms with Crippen LogP contribution in [0.5, 0.6) is 5.75 Å². The van der Waals surface area contributed by atoms with Crippen LogP contribution >= 0.6 is 0 Å². The van der Waals surface area contributed by atoms with E-state index in [9.17, 15) is 33.1 Å². The van der Waals surface area contributed by atoms with Crippen LogP contribution in [0.25, 0.3) is 11.3 Å². The molecule has 0 aliphatic carbocycles. The first kappa shape index (κ1) is 39.0. The van der Waals surface area contributed by atoms with E-state index in [0.717, 1.165) is 23.5 Å². The topological polar surface area (TPSA) is 144 Å². The summed E-state index contributed by atoms with van der Waals surface area (Å²) in [5.41, 5.74) is -3.50. The van der Waals surface area contributed by atoms with Gasteiger partial charge in [0, 0.05) is 43.4 Å². The van der Waals surface area contributed by atoms with Gasteiger partial charge in [-0.3, -0.25) is 19.5 Å². The minimum Gasteiger partial charge on any atom is -0.509 e. The van der Waals surface area contributed by atoms with Gasteiger partial charge in [-0.2, -0.15) is 22.8 Å². The Bertz CT molecular complexity index is 1970. The molecule has 12 nitrogen and oxygen atoms in total. The van der Waals surface area contributed by atoms with Crippen LogP contribution in [0.3, 0.4) is 0 Å². The predicted molar refractivity (Wildman–Crippen MR) is 181 cm³/mol. The number of benzene rings is 2. The Morgan fingerprint density at radius 2 is 1.81 bits per heavy atom. The number of likely N-dealkylation sites (N-methyl/N-ethyl adjacent to an activating group) is 1. The average Bonchev–Trinajstić information content (AvgIpc) is 3.09. The number of nitrogens with one attached hydrogen (secondary N) is 1. The van der Waals surface area contributed by atoms with Crippen molar-refractivity contribution in [3.05, 3.63) is 82.0 Å². The van der Waals surface area contributed by atoms with Gasteiger partial charge in [0.25, 0.3) is 11.8 Å². The zero-order valence-electron chi connectivity index (χ0n) is 29.6. The maximum atomic E-state index is 15.5. The molecule has 2 aliphatic heterocycles. The summed E-state index contributed by atoms with van der Waals surface area (Å²) in [5.74, 6) is -5.80. The van der Waals surface area contributed by atoms with Crippen LogP contribution < -0.4 is 10.1 Å². The molecule has 0 unspecified atom stereocenters. The van der Waals surface area contributed by atoms with Gasteiger partial charge in [0.1, 0.15) is 36.0 Å².